The number of phenols is 1. The molecule has 0 atom stereocenters. The van der Waals surface area contributed by atoms with Gasteiger partial charge in [-0.25, -0.2) is 0 Å². The van der Waals surface area contributed by atoms with Crippen LogP contribution in [-0.4, -0.2) is 10.9 Å². The molecule has 76 valence electrons. The Morgan fingerprint density at radius 3 is 2.50 bits per heavy atom. The van der Waals surface area contributed by atoms with Gasteiger partial charge in [-0.3, -0.25) is 4.79 Å². The van der Waals surface area contributed by atoms with Crippen molar-refractivity contribution in [2.45, 2.75) is 33.1 Å². The van der Waals surface area contributed by atoms with Crippen molar-refractivity contribution < 1.29 is 9.90 Å². The Balaban J connectivity index is 3.01. The molecule has 2 nitrogen and oxygen atoms in total. The van der Waals surface area contributed by atoms with E-state index in [9.17, 15) is 9.90 Å². The molecule has 1 aromatic carbocycles. The third-order valence-electron chi connectivity index (χ3n) is 2.12. The number of aromatic hydroxyl groups is 1. The Morgan fingerprint density at radius 1 is 1.36 bits per heavy atom. The van der Waals surface area contributed by atoms with Crippen molar-refractivity contribution >= 4 is 5.78 Å². The minimum Gasteiger partial charge on any atom is -0.508 e. The van der Waals surface area contributed by atoms with E-state index in [0.29, 0.717) is 12.3 Å². The minimum absolute atomic E-state index is 0.116. The average Bonchev–Trinajstić information content (AvgIpc) is 2.01. The molecule has 2 heteroatoms. The summed E-state index contributed by atoms with van der Waals surface area (Å²) in [4.78, 5) is 10.9. The van der Waals surface area contributed by atoms with Gasteiger partial charge in [0.15, 0.2) is 0 Å². The summed E-state index contributed by atoms with van der Waals surface area (Å²) in [5.41, 5.74) is 1.96. The SMILES string of the molecule is CC(=O)Cc1cc(O)cc(C(C)C)c1. The molecule has 0 saturated carbocycles. The zero-order chi connectivity index (χ0) is 10.7. The molecule has 0 bridgehead atoms. The van der Waals surface area contributed by atoms with Crippen LogP contribution in [0, 0.1) is 0 Å². The van der Waals surface area contributed by atoms with E-state index >= 15 is 0 Å². The third kappa shape index (κ3) is 2.87. The fourth-order valence-corrected chi connectivity index (χ4v) is 1.42. The molecule has 0 aliphatic rings. The van der Waals surface area contributed by atoms with Crippen molar-refractivity contribution in [1.29, 1.82) is 0 Å². The predicted octanol–water partition coefficient (Wildman–Crippen LogP) is 2.65. The Labute approximate surface area is 84.6 Å². The van der Waals surface area contributed by atoms with Crippen LogP contribution in [0.1, 0.15) is 37.8 Å². The van der Waals surface area contributed by atoms with Crippen molar-refractivity contribution in [1.82, 2.24) is 0 Å². The Bertz CT molecular complexity index is 340. The minimum atomic E-state index is 0.116. The lowest BCUT2D eigenvalue weighted by Crippen LogP contribution is -1.98. The molecule has 1 aromatic rings. The van der Waals surface area contributed by atoms with Crippen molar-refractivity contribution in [2.75, 3.05) is 0 Å². The van der Waals surface area contributed by atoms with Gasteiger partial charge in [0.1, 0.15) is 11.5 Å². The van der Waals surface area contributed by atoms with Gasteiger partial charge in [-0.15, -0.1) is 0 Å². The van der Waals surface area contributed by atoms with Crippen molar-refractivity contribution in [2.24, 2.45) is 0 Å². The molecule has 0 amide bonds. The molecule has 14 heavy (non-hydrogen) atoms. The smallest absolute Gasteiger partial charge is 0.134 e. The summed E-state index contributed by atoms with van der Waals surface area (Å²) < 4.78 is 0. The highest BCUT2D eigenvalue weighted by Gasteiger charge is 2.05. The van der Waals surface area contributed by atoms with Crippen LogP contribution in [0.2, 0.25) is 0 Å². The van der Waals surface area contributed by atoms with Crippen molar-refractivity contribution in [3.63, 3.8) is 0 Å². The highest BCUT2D eigenvalue weighted by atomic mass is 16.3. The molecule has 1 N–H and O–H groups in total. The summed E-state index contributed by atoms with van der Waals surface area (Å²) in [5.74, 6) is 0.727. The van der Waals surface area contributed by atoms with Crippen LogP contribution in [-0.2, 0) is 11.2 Å². The first-order valence-electron chi connectivity index (χ1n) is 4.81. The van der Waals surface area contributed by atoms with E-state index in [2.05, 4.69) is 13.8 Å². The molecule has 0 saturated heterocycles. The molecule has 0 heterocycles. The van der Waals surface area contributed by atoms with Crippen LogP contribution in [0.25, 0.3) is 0 Å². The normalized spacial score (nSPS) is 10.6. The molecule has 0 aliphatic heterocycles. The van der Waals surface area contributed by atoms with E-state index in [1.807, 2.05) is 6.07 Å². The number of hydrogen-bond donors (Lipinski definition) is 1. The van der Waals surface area contributed by atoms with E-state index < -0.39 is 0 Å². The van der Waals surface area contributed by atoms with Crippen LogP contribution < -0.4 is 0 Å². The molecular formula is C12H16O2. The Kier molecular flexibility index (Phi) is 3.28. The summed E-state index contributed by atoms with van der Waals surface area (Å²) >= 11 is 0. The summed E-state index contributed by atoms with van der Waals surface area (Å²) in [6.07, 6.45) is 0.397. The number of benzene rings is 1. The lowest BCUT2D eigenvalue weighted by molar-refractivity contribution is -0.116. The number of ketones is 1. The second kappa shape index (κ2) is 4.27. The fourth-order valence-electron chi connectivity index (χ4n) is 1.42. The van der Waals surface area contributed by atoms with Crippen LogP contribution in [0.3, 0.4) is 0 Å². The van der Waals surface area contributed by atoms with Crippen LogP contribution in [0.5, 0.6) is 5.75 Å². The van der Waals surface area contributed by atoms with E-state index in [-0.39, 0.29) is 11.5 Å². The maximum absolute atomic E-state index is 10.9. The molecule has 0 radical (unpaired) electrons. The predicted molar refractivity (Wildman–Crippen MR) is 56.6 cm³/mol. The second-order valence-corrected chi connectivity index (χ2v) is 3.97. The highest BCUT2D eigenvalue weighted by Crippen LogP contribution is 2.22. The first kappa shape index (κ1) is 10.8. The highest BCUT2D eigenvalue weighted by molar-refractivity contribution is 5.78. The lowest BCUT2D eigenvalue weighted by atomic mass is 9.98. The second-order valence-electron chi connectivity index (χ2n) is 3.97. The lowest BCUT2D eigenvalue weighted by Gasteiger charge is -2.08. The van der Waals surface area contributed by atoms with Gasteiger partial charge >= 0.3 is 0 Å². The van der Waals surface area contributed by atoms with Gasteiger partial charge < -0.3 is 5.11 Å². The number of rotatable bonds is 3. The molecule has 0 fully saturated rings. The Hall–Kier alpha value is -1.31. The molecule has 1 rings (SSSR count). The average molecular weight is 192 g/mol. The van der Waals surface area contributed by atoms with Gasteiger partial charge in [-0.2, -0.15) is 0 Å². The van der Waals surface area contributed by atoms with E-state index in [4.69, 9.17) is 0 Å². The zero-order valence-electron chi connectivity index (χ0n) is 8.87. The quantitative estimate of drug-likeness (QED) is 0.799. The summed E-state index contributed by atoms with van der Waals surface area (Å²) in [6.45, 7) is 5.68. The summed E-state index contributed by atoms with van der Waals surface area (Å²) in [5, 5.41) is 9.44. The molecule has 0 unspecified atom stereocenters. The first-order valence-corrected chi connectivity index (χ1v) is 4.81. The van der Waals surface area contributed by atoms with Crippen molar-refractivity contribution in [3.8, 4) is 5.75 Å². The zero-order valence-corrected chi connectivity index (χ0v) is 8.87. The van der Waals surface area contributed by atoms with E-state index in [1.54, 1.807) is 19.1 Å². The van der Waals surface area contributed by atoms with Gasteiger partial charge in [0.25, 0.3) is 0 Å². The number of hydrogen-bond acceptors (Lipinski definition) is 2. The fraction of sp³-hybridized carbons (Fsp3) is 0.417. The van der Waals surface area contributed by atoms with Crippen LogP contribution in [0.15, 0.2) is 18.2 Å². The largest absolute Gasteiger partial charge is 0.508 e. The maximum atomic E-state index is 10.9. The van der Waals surface area contributed by atoms with Gasteiger partial charge in [0.2, 0.25) is 0 Å². The number of phenolic OH excluding ortho intramolecular Hbond substituents is 1. The molecule has 0 aromatic heterocycles. The Morgan fingerprint density at radius 2 is 2.00 bits per heavy atom. The van der Waals surface area contributed by atoms with Crippen LogP contribution in [0.4, 0.5) is 0 Å². The van der Waals surface area contributed by atoms with Gasteiger partial charge in [0, 0.05) is 6.42 Å². The molecular weight excluding hydrogens is 176 g/mol. The van der Waals surface area contributed by atoms with Crippen molar-refractivity contribution in [3.05, 3.63) is 29.3 Å². The third-order valence-corrected chi connectivity index (χ3v) is 2.12. The first-order chi connectivity index (χ1) is 6.49. The number of Topliss-reactive ketones (excluding diaryl/α,β-unsaturated/α-hetero) is 1. The van der Waals surface area contributed by atoms with Gasteiger partial charge in [-0.1, -0.05) is 19.9 Å². The topological polar surface area (TPSA) is 37.3 Å². The van der Waals surface area contributed by atoms with Gasteiger partial charge in [-0.05, 0) is 36.1 Å². The monoisotopic (exact) mass is 192 g/mol. The van der Waals surface area contributed by atoms with Crippen LogP contribution >= 0.6 is 0 Å². The number of carbonyl (C=O) groups excluding carboxylic acids is 1. The standard InChI is InChI=1S/C12H16O2/c1-8(2)11-5-10(4-9(3)13)6-12(14)7-11/h5-8,14H,4H2,1-3H3. The maximum Gasteiger partial charge on any atom is 0.134 e. The van der Waals surface area contributed by atoms with Gasteiger partial charge in [0.05, 0.1) is 0 Å². The van der Waals surface area contributed by atoms with E-state index in [0.717, 1.165) is 11.1 Å². The number of carbonyl (C=O) groups is 1. The van der Waals surface area contributed by atoms with E-state index in [1.165, 1.54) is 0 Å². The summed E-state index contributed by atoms with van der Waals surface area (Å²) in [7, 11) is 0. The molecule has 0 spiro atoms. The summed E-state index contributed by atoms with van der Waals surface area (Å²) in [6, 6.07) is 5.37. The molecule has 0 aliphatic carbocycles.